The molecule has 1 aromatic heterocycles. The summed E-state index contributed by atoms with van der Waals surface area (Å²) in [6.07, 6.45) is 0. The molecule has 5 rings (SSSR count). The maximum atomic E-state index is 5.06. The highest BCUT2D eigenvalue weighted by Crippen LogP contribution is 2.36. The van der Waals surface area contributed by atoms with Crippen molar-refractivity contribution in [2.45, 2.75) is 0 Å². The SMILES string of the molecule is Brc1ccc(-[n+]2nc3ccc(Br)cc3c(-c3ccccc3)c2-c2ccccc2)cc1. The summed E-state index contributed by atoms with van der Waals surface area (Å²) in [5.41, 5.74) is 6.46. The average Bonchev–Trinajstić information content (AvgIpc) is 2.79. The summed E-state index contributed by atoms with van der Waals surface area (Å²) in [7, 11) is 0. The third-order valence-electron chi connectivity index (χ3n) is 5.07. The molecule has 0 spiro atoms. The van der Waals surface area contributed by atoms with Gasteiger partial charge in [0.2, 0.25) is 5.69 Å². The van der Waals surface area contributed by atoms with E-state index in [4.69, 9.17) is 5.10 Å². The number of hydrogen-bond acceptors (Lipinski definition) is 1. The summed E-state index contributed by atoms with van der Waals surface area (Å²) in [6, 6.07) is 35.5. The first-order valence-electron chi connectivity index (χ1n) is 9.63. The minimum atomic E-state index is 0.944. The summed E-state index contributed by atoms with van der Waals surface area (Å²) in [4.78, 5) is 0. The molecule has 4 heteroatoms. The number of halogens is 2. The molecule has 0 aliphatic carbocycles. The molecule has 0 saturated carbocycles. The van der Waals surface area contributed by atoms with Crippen LogP contribution >= 0.6 is 31.9 Å². The van der Waals surface area contributed by atoms with Crippen LogP contribution in [0.25, 0.3) is 39.0 Å². The van der Waals surface area contributed by atoms with Crippen molar-refractivity contribution in [2.75, 3.05) is 0 Å². The predicted molar refractivity (Wildman–Crippen MR) is 130 cm³/mol. The highest BCUT2D eigenvalue weighted by Gasteiger charge is 2.27. The number of fused-ring (bicyclic) bond motifs is 1. The van der Waals surface area contributed by atoms with E-state index >= 15 is 0 Å². The molecule has 0 fully saturated rings. The van der Waals surface area contributed by atoms with Crippen LogP contribution in [0.5, 0.6) is 0 Å². The van der Waals surface area contributed by atoms with Gasteiger partial charge >= 0.3 is 0 Å². The molecule has 144 valence electrons. The Labute approximate surface area is 192 Å². The van der Waals surface area contributed by atoms with Gasteiger partial charge in [0, 0.05) is 37.1 Å². The van der Waals surface area contributed by atoms with Crippen molar-refractivity contribution in [1.82, 2.24) is 5.10 Å². The highest BCUT2D eigenvalue weighted by molar-refractivity contribution is 9.10. The number of hydrogen-bond donors (Lipinski definition) is 0. The van der Waals surface area contributed by atoms with Crippen LogP contribution in [0.3, 0.4) is 0 Å². The minimum absolute atomic E-state index is 0.944. The van der Waals surface area contributed by atoms with Gasteiger partial charge in [-0.25, -0.2) is 0 Å². The molecular weight excluding hydrogens is 500 g/mol. The summed E-state index contributed by atoms with van der Waals surface area (Å²) in [6.45, 7) is 0. The van der Waals surface area contributed by atoms with E-state index in [1.54, 1.807) is 0 Å². The molecule has 4 aromatic carbocycles. The zero-order valence-corrected chi connectivity index (χ0v) is 19.1. The van der Waals surface area contributed by atoms with Gasteiger partial charge in [0.25, 0.3) is 5.69 Å². The zero-order chi connectivity index (χ0) is 20.5. The van der Waals surface area contributed by atoms with Gasteiger partial charge in [0.15, 0.2) is 0 Å². The lowest BCUT2D eigenvalue weighted by molar-refractivity contribution is -0.645. The van der Waals surface area contributed by atoms with E-state index in [0.717, 1.165) is 47.9 Å². The van der Waals surface area contributed by atoms with E-state index in [1.807, 2.05) is 30.3 Å². The van der Waals surface area contributed by atoms with Gasteiger partial charge in [0.1, 0.15) is 5.52 Å². The molecule has 0 bridgehead atoms. The van der Waals surface area contributed by atoms with E-state index in [9.17, 15) is 0 Å². The second kappa shape index (κ2) is 8.13. The quantitative estimate of drug-likeness (QED) is 0.229. The number of aromatic nitrogens is 2. The average molecular weight is 517 g/mol. The Morgan fingerprint density at radius 3 is 1.87 bits per heavy atom. The van der Waals surface area contributed by atoms with Crippen LogP contribution in [-0.4, -0.2) is 5.10 Å². The molecule has 0 N–H and O–H groups in total. The van der Waals surface area contributed by atoms with Crippen molar-refractivity contribution < 1.29 is 4.68 Å². The fourth-order valence-electron chi connectivity index (χ4n) is 3.72. The highest BCUT2D eigenvalue weighted by atomic mass is 79.9. The van der Waals surface area contributed by atoms with Gasteiger partial charge in [-0.3, -0.25) is 0 Å². The Kier molecular flexibility index (Phi) is 5.19. The Bertz CT molecular complexity index is 1330. The van der Waals surface area contributed by atoms with Crippen molar-refractivity contribution >= 4 is 42.8 Å². The number of nitrogens with zero attached hydrogens (tertiary/aromatic N) is 2. The van der Waals surface area contributed by atoms with Gasteiger partial charge in [-0.15, -0.1) is 0 Å². The molecule has 5 aromatic rings. The van der Waals surface area contributed by atoms with Gasteiger partial charge in [-0.05, 0) is 52.7 Å². The summed E-state index contributed by atoms with van der Waals surface area (Å²) in [5.74, 6) is 0. The van der Waals surface area contributed by atoms with Crippen molar-refractivity contribution in [3.63, 3.8) is 0 Å². The van der Waals surface area contributed by atoms with Crippen molar-refractivity contribution in [3.05, 3.63) is 112 Å². The van der Waals surface area contributed by atoms with Crippen molar-refractivity contribution in [3.8, 4) is 28.1 Å². The van der Waals surface area contributed by atoms with Gasteiger partial charge < -0.3 is 0 Å². The molecule has 0 aliphatic heterocycles. The monoisotopic (exact) mass is 515 g/mol. The zero-order valence-electron chi connectivity index (χ0n) is 16.0. The molecule has 0 aliphatic rings. The number of benzene rings is 4. The Morgan fingerprint density at radius 1 is 0.600 bits per heavy atom. The maximum absolute atomic E-state index is 5.06. The molecule has 0 unspecified atom stereocenters. The van der Waals surface area contributed by atoms with Crippen LogP contribution < -0.4 is 4.68 Å². The van der Waals surface area contributed by atoms with E-state index in [1.165, 1.54) is 0 Å². The van der Waals surface area contributed by atoms with Crippen molar-refractivity contribution in [1.29, 1.82) is 0 Å². The molecule has 0 atom stereocenters. The Balaban J connectivity index is 1.97. The summed E-state index contributed by atoms with van der Waals surface area (Å²) >= 11 is 7.20. The van der Waals surface area contributed by atoms with E-state index in [0.29, 0.717) is 0 Å². The summed E-state index contributed by atoms with van der Waals surface area (Å²) < 4.78 is 4.14. The maximum Gasteiger partial charge on any atom is 0.254 e. The van der Waals surface area contributed by atoms with Crippen molar-refractivity contribution in [2.24, 2.45) is 0 Å². The van der Waals surface area contributed by atoms with Crippen LogP contribution in [-0.2, 0) is 0 Å². The van der Waals surface area contributed by atoms with Gasteiger partial charge in [0.05, 0.1) is 5.56 Å². The smallest absolute Gasteiger partial charge is 0.0622 e. The molecular formula is C26H17Br2N2+. The first-order chi connectivity index (χ1) is 14.7. The fourth-order valence-corrected chi connectivity index (χ4v) is 4.34. The lowest BCUT2D eigenvalue weighted by Crippen LogP contribution is -2.38. The van der Waals surface area contributed by atoms with Crippen LogP contribution in [0.1, 0.15) is 0 Å². The third-order valence-corrected chi connectivity index (χ3v) is 6.09. The van der Waals surface area contributed by atoms with Gasteiger partial charge in [-0.1, -0.05) is 80.4 Å². The molecule has 0 saturated heterocycles. The van der Waals surface area contributed by atoms with Crippen LogP contribution in [0.2, 0.25) is 0 Å². The van der Waals surface area contributed by atoms with E-state index in [2.05, 4.69) is 109 Å². The second-order valence-corrected chi connectivity index (χ2v) is 8.84. The third kappa shape index (κ3) is 3.57. The molecule has 2 nitrogen and oxygen atoms in total. The summed E-state index contributed by atoms with van der Waals surface area (Å²) in [5, 5.41) is 6.17. The predicted octanol–water partition coefficient (Wildman–Crippen LogP) is 7.37. The van der Waals surface area contributed by atoms with Crippen LogP contribution in [0.4, 0.5) is 0 Å². The first kappa shape index (κ1) is 19.2. The molecule has 30 heavy (non-hydrogen) atoms. The standard InChI is InChI=1S/C26H17Br2N2/c27-20-11-14-22(15-12-20)30-26(19-9-5-2-6-10-19)25(18-7-3-1-4-8-18)23-17-21(28)13-16-24(23)29-30/h1-17H/q+1. The second-order valence-electron chi connectivity index (χ2n) is 7.01. The van der Waals surface area contributed by atoms with Crippen LogP contribution in [0, 0.1) is 0 Å². The topological polar surface area (TPSA) is 16.8 Å². The van der Waals surface area contributed by atoms with Gasteiger partial charge in [-0.2, -0.15) is 0 Å². The van der Waals surface area contributed by atoms with Crippen LogP contribution in [0.15, 0.2) is 112 Å². The van der Waals surface area contributed by atoms with E-state index < -0.39 is 0 Å². The van der Waals surface area contributed by atoms with E-state index in [-0.39, 0.29) is 0 Å². The number of rotatable bonds is 3. The Morgan fingerprint density at radius 2 is 1.20 bits per heavy atom. The fraction of sp³-hybridized carbons (Fsp3) is 0. The minimum Gasteiger partial charge on any atom is -0.0622 e. The molecule has 1 heterocycles. The molecule has 0 amide bonds. The molecule has 0 radical (unpaired) electrons. The Hall–Kier alpha value is -2.82. The largest absolute Gasteiger partial charge is 0.254 e. The normalized spacial score (nSPS) is 11.0. The lowest BCUT2D eigenvalue weighted by atomic mass is 9.95. The lowest BCUT2D eigenvalue weighted by Gasteiger charge is -2.12. The first-order valence-corrected chi connectivity index (χ1v) is 11.2.